The molecule has 0 amide bonds. The third-order valence-electron chi connectivity index (χ3n) is 18.3. The van der Waals surface area contributed by atoms with E-state index in [1.165, 1.54) is 37.6 Å². The zero-order valence-electron chi connectivity index (χ0n) is 65.3. The minimum atomic E-state index is -0.302. The molecule has 0 N–H and O–H groups in total. The van der Waals surface area contributed by atoms with Crippen LogP contribution < -0.4 is 28.4 Å². The molecule has 0 saturated carbocycles. The van der Waals surface area contributed by atoms with Crippen LogP contribution in [0.25, 0.3) is 0 Å². The van der Waals surface area contributed by atoms with Gasteiger partial charge < -0.3 is 56.8 Å². The summed E-state index contributed by atoms with van der Waals surface area (Å²) in [6.07, 6.45) is 11.4. The number of rotatable bonds is 30. The first-order valence-electron chi connectivity index (χ1n) is 36.2. The van der Waals surface area contributed by atoms with Gasteiger partial charge in [-0.3, -0.25) is 0 Å². The van der Waals surface area contributed by atoms with E-state index in [0.717, 1.165) is 135 Å². The second-order valence-electron chi connectivity index (χ2n) is 32.6. The van der Waals surface area contributed by atoms with Crippen LogP contribution in [-0.2, 0) is 99.4 Å². The molecule has 7 rings (SSSR count). The van der Waals surface area contributed by atoms with E-state index in [-0.39, 0.29) is 112 Å². The van der Waals surface area contributed by atoms with Crippen LogP contribution in [-0.4, -0.2) is 79.3 Å². The first-order valence-corrected chi connectivity index (χ1v) is 36.2. The Balaban J connectivity index is 1.76. The zero-order valence-corrected chi connectivity index (χ0v) is 65.3. The fourth-order valence-corrected chi connectivity index (χ4v) is 12.7. The van der Waals surface area contributed by atoms with Crippen molar-refractivity contribution in [3.63, 3.8) is 0 Å². The summed E-state index contributed by atoms with van der Waals surface area (Å²) < 4.78 is 78.3. The van der Waals surface area contributed by atoms with Gasteiger partial charge in [0.25, 0.3) is 0 Å². The summed E-state index contributed by atoms with van der Waals surface area (Å²) in [5.41, 5.74) is 17.0. The van der Waals surface area contributed by atoms with Crippen LogP contribution >= 0.6 is 0 Å². The number of benzene rings is 6. The molecule has 102 heavy (non-hydrogen) atoms. The van der Waals surface area contributed by atoms with Crippen LogP contribution in [0.4, 0.5) is 0 Å². The maximum absolute atomic E-state index is 7.22. The highest BCUT2D eigenvalue weighted by atomic mass is 16.5. The van der Waals surface area contributed by atoms with Crippen molar-refractivity contribution in [2.45, 2.75) is 196 Å². The van der Waals surface area contributed by atoms with Gasteiger partial charge in [0.1, 0.15) is 114 Å². The second kappa shape index (κ2) is 35.5. The van der Waals surface area contributed by atoms with Crippen LogP contribution in [0.5, 0.6) is 34.5 Å². The highest BCUT2D eigenvalue weighted by Gasteiger charge is 2.32. The summed E-state index contributed by atoms with van der Waals surface area (Å²) in [6.45, 7) is 67.4. The molecular weight excluding hydrogens is 1270 g/mol. The van der Waals surface area contributed by atoms with Gasteiger partial charge in [0.2, 0.25) is 0 Å². The van der Waals surface area contributed by atoms with Crippen molar-refractivity contribution in [1.29, 1.82) is 0 Å². The Hall–Kier alpha value is -8.64. The molecule has 6 aromatic rings. The van der Waals surface area contributed by atoms with Gasteiger partial charge in [0, 0.05) is 38.5 Å². The summed E-state index contributed by atoms with van der Waals surface area (Å²) in [4.78, 5) is 0. The Morgan fingerprint density at radius 2 is 0.314 bits per heavy atom. The largest absolute Gasteiger partial charge is 0.498 e. The molecule has 0 fully saturated rings. The second-order valence-corrected chi connectivity index (χ2v) is 32.6. The van der Waals surface area contributed by atoms with E-state index >= 15 is 0 Å². The van der Waals surface area contributed by atoms with E-state index in [4.69, 9.17) is 56.8 Å². The van der Waals surface area contributed by atoms with Crippen LogP contribution in [0.2, 0.25) is 0 Å². The predicted molar refractivity (Wildman–Crippen MR) is 418 cm³/mol. The normalized spacial score (nSPS) is 12.9. The number of hydrogen-bond acceptors (Lipinski definition) is 12. The lowest BCUT2D eigenvalue weighted by Gasteiger charge is -2.29. The van der Waals surface area contributed by atoms with Gasteiger partial charge in [-0.25, -0.2) is 0 Å². The Bertz CT molecular complexity index is 3070. The van der Waals surface area contributed by atoms with E-state index < -0.39 is 0 Å². The van der Waals surface area contributed by atoms with Crippen molar-refractivity contribution in [2.24, 2.45) is 0 Å². The number of fused-ring (bicyclic) bond motifs is 12. The van der Waals surface area contributed by atoms with Gasteiger partial charge in [0.15, 0.2) is 0 Å². The third kappa shape index (κ3) is 22.2. The molecule has 0 heterocycles. The minimum absolute atomic E-state index is 0.255. The molecule has 0 aliphatic heterocycles. The van der Waals surface area contributed by atoms with E-state index in [1.54, 1.807) is 0 Å². The van der Waals surface area contributed by atoms with Crippen molar-refractivity contribution in [2.75, 3.05) is 79.3 Å². The minimum Gasteiger partial charge on any atom is -0.498 e. The lowest BCUT2D eigenvalue weighted by molar-refractivity contribution is 0.176. The molecule has 1 aliphatic carbocycles. The van der Waals surface area contributed by atoms with Crippen LogP contribution in [0, 0.1) is 0 Å². The summed E-state index contributed by atoms with van der Waals surface area (Å²) in [6, 6.07) is 27.9. The molecule has 12 heteroatoms. The average molecular weight is 1390 g/mol. The maximum atomic E-state index is 7.22. The molecule has 0 atom stereocenters. The van der Waals surface area contributed by atoms with Crippen molar-refractivity contribution in [3.8, 4) is 34.5 Å². The van der Waals surface area contributed by atoms with Gasteiger partial charge in [-0.1, -0.05) is 237 Å². The molecule has 0 aromatic heterocycles. The molecule has 0 saturated heterocycles. The molecule has 0 radical (unpaired) electrons. The molecular formula is C90H120O12. The maximum Gasteiger partial charge on any atom is 0.126 e. The lowest BCUT2D eigenvalue weighted by Crippen LogP contribution is -2.19. The molecule has 1 aliphatic rings. The molecule has 12 nitrogen and oxygen atoms in total. The van der Waals surface area contributed by atoms with Crippen molar-refractivity contribution >= 4 is 0 Å². The van der Waals surface area contributed by atoms with Crippen LogP contribution in [0.1, 0.15) is 225 Å². The van der Waals surface area contributed by atoms with Crippen molar-refractivity contribution < 1.29 is 56.8 Å². The first kappa shape index (κ1) is 80.7. The van der Waals surface area contributed by atoms with E-state index in [0.29, 0.717) is 38.5 Å². The molecule has 12 bridgehead atoms. The van der Waals surface area contributed by atoms with Gasteiger partial charge in [-0.05, 0) is 133 Å². The van der Waals surface area contributed by atoms with E-state index in [2.05, 4.69) is 237 Å². The summed E-state index contributed by atoms with van der Waals surface area (Å²) in [5.74, 6) is 4.54. The zero-order chi connectivity index (χ0) is 74.8. The third-order valence-corrected chi connectivity index (χ3v) is 18.3. The van der Waals surface area contributed by atoms with Gasteiger partial charge in [-0.2, -0.15) is 0 Å². The monoisotopic (exact) mass is 1390 g/mol. The fourth-order valence-electron chi connectivity index (χ4n) is 12.7. The predicted octanol–water partition coefficient (Wildman–Crippen LogP) is 20.6. The fraction of sp³-hybridized carbons (Fsp3) is 0.467. The topological polar surface area (TPSA) is 111 Å². The molecule has 552 valence electrons. The molecule has 6 aromatic carbocycles. The average Bonchev–Trinajstić information content (AvgIpc) is 0.772. The quantitative estimate of drug-likeness (QED) is 0.0316. The van der Waals surface area contributed by atoms with Crippen molar-refractivity contribution in [3.05, 3.63) is 250 Å². The van der Waals surface area contributed by atoms with E-state index in [9.17, 15) is 0 Å². The van der Waals surface area contributed by atoms with Crippen molar-refractivity contribution in [1.82, 2.24) is 0 Å². The number of ether oxygens (including phenoxy) is 12. The van der Waals surface area contributed by atoms with E-state index in [1.807, 2.05) is 0 Å². The summed E-state index contributed by atoms with van der Waals surface area (Å²) >= 11 is 0. The highest BCUT2D eigenvalue weighted by Crippen LogP contribution is 2.47. The SMILES string of the molecule is C=COCCOc1c2cc(C(C)(C)C)cc1Cc1cc(C(C)(C)C)cc(c1OCCOC=C)Cc1cc(C(C)(C)C)cc(c1OCCOC=C)Cc1cc(C(C)(C)C)cc(c1OCCOC=C)Cc1cc(C(C)(C)C)cc(c1OCCOC=C)Cc1cc(C(C)(C)C)cc(c1OCCOC=C)C2. The van der Waals surface area contributed by atoms with Gasteiger partial charge >= 0.3 is 0 Å². The van der Waals surface area contributed by atoms with Gasteiger partial charge in [0.05, 0.1) is 37.6 Å². The van der Waals surface area contributed by atoms with Gasteiger partial charge in [-0.15, -0.1) is 0 Å². The first-order chi connectivity index (χ1) is 48.1. The smallest absolute Gasteiger partial charge is 0.126 e. The lowest BCUT2D eigenvalue weighted by atomic mass is 9.79. The molecule has 0 unspecified atom stereocenters. The summed E-state index contributed by atoms with van der Waals surface area (Å²) in [5, 5.41) is 0. The number of hydrogen-bond donors (Lipinski definition) is 0. The Kier molecular flexibility index (Phi) is 28.1. The Morgan fingerprint density at radius 1 is 0.206 bits per heavy atom. The Labute approximate surface area is 613 Å². The summed E-state index contributed by atoms with van der Waals surface area (Å²) in [7, 11) is 0. The van der Waals surface area contributed by atoms with Crippen LogP contribution in [0.15, 0.2) is 150 Å². The molecule has 0 spiro atoms. The Morgan fingerprint density at radius 3 is 0.402 bits per heavy atom. The van der Waals surface area contributed by atoms with Crippen LogP contribution in [0.3, 0.4) is 0 Å². The highest BCUT2D eigenvalue weighted by molar-refractivity contribution is 5.62. The standard InChI is InChI=1S/C90H120O12/c1-25-91-31-37-97-79-61-43-63-51-74(86(10,11)12)53-65(80(63)98-38-32-92-26-2)45-67-55-76(88(16,17)18)57-69(82(67)100-40-34-94-28-4)47-71-59-78(90(22,23)24)60-72(84(71)102-42-36-96-30-6)48-70-58-77(89(19,20)21)56-68(83(70)101-41-35-95-29-5)46-66-54-75(87(13,14)15)52-64(81(66)99-39-33-93-27-3)44-62(79)50-73(49-61)85(7,8)9/h25-30,49-60H,1-6,31-48H2,7-24H3.